The number of piperidine rings is 1. The zero-order valence-corrected chi connectivity index (χ0v) is 17.5. The fourth-order valence-corrected chi connectivity index (χ4v) is 5.77. The summed E-state index contributed by atoms with van der Waals surface area (Å²) in [4.78, 5) is 13.1. The third-order valence-electron chi connectivity index (χ3n) is 5.76. The van der Waals surface area contributed by atoms with E-state index in [0.717, 1.165) is 25.9 Å². The molecule has 2 heterocycles. The Balaban J connectivity index is 1.80. The number of nitro benzene ring substituents is 1. The Bertz CT molecular complexity index is 808. The minimum atomic E-state index is -3.75. The summed E-state index contributed by atoms with van der Waals surface area (Å²) >= 11 is 0. The number of benzene rings is 1. The van der Waals surface area contributed by atoms with E-state index >= 15 is 0 Å². The van der Waals surface area contributed by atoms with Crippen molar-refractivity contribution in [3.63, 3.8) is 0 Å². The molecule has 0 aliphatic carbocycles. The molecule has 8 nitrogen and oxygen atoms in total. The van der Waals surface area contributed by atoms with E-state index < -0.39 is 14.9 Å². The van der Waals surface area contributed by atoms with Gasteiger partial charge in [0, 0.05) is 44.4 Å². The van der Waals surface area contributed by atoms with Gasteiger partial charge in [-0.2, -0.15) is 4.31 Å². The quantitative estimate of drug-likeness (QED) is 0.548. The summed E-state index contributed by atoms with van der Waals surface area (Å²) in [7, 11) is -3.75. The predicted octanol–water partition coefficient (Wildman–Crippen LogP) is 2.91. The average Bonchev–Trinajstić information content (AvgIpc) is 3.21. The van der Waals surface area contributed by atoms with Crippen LogP contribution in [0.5, 0.6) is 0 Å². The van der Waals surface area contributed by atoms with Crippen LogP contribution in [0.1, 0.15) is 39.5 Å². The first-order valence-corrected chi connectivity index (χ1v) is 11.5. The van der Waals surface area contributed by atoms with Crippen LogP contribution in [0.4, 0.5) is 11.4 Å². The molecule has 2 atom stereocenters. The highest BCUT2D eigenvalue weighted by molar-refractivity contribution is 7.89. The lowest BCUT2D eigenvalue weighted by molar-refractivity contribution is -0.385. The molecule has 2 fully saturated rings. The van der Waals surface area contributed by atoms with Crippen LogP contribution in [-0.4, -0.2) is 61.3 Å². The monoisotopic (exact) mass is 410 g/mol. The Kier molecular flexibility index (Phi) is 6.57. The summed E-state index contributed by atoms with van der Waals surface area (Å²) in [6.45, 7) is 8.00. The van der Waals surface area contributed by atoms with Gasteiger partial charge in [0.2, 0.25) is 10.0 Å². The minimum Gasteiger partial charge on any atom is -0.382 e. The molecular weight excluding hydrogens is 380 g/mol. The molecule has 0 bridgehead atoms. The number of nitrogens with one attached hydrogen (secondary N) is 1. The van der Waals surface area contributed by atoms with E-state index in [0.29, 0.717) is 31.2 Å². The van der Waals surface area contributed by atoms with Crippen LogP contribution in [0.2, 0.25) is 0 Å². The van der Waals surface area contributed by atoms with Crippen molar-refractivity contribution in [3.8, 4) is 0 Å². The van der Waals surface area contributed by atoms with E-state index in [4.69, 9.17) is 0 Å². The van der Waals surface area contributed by atoms with Gasteiger partial charge in [-0.1, -0.05) is 6.92 Å². The number of sulfonamides is 1. The number of rotatable bonds is 7. The molecule has 2 aliphatic heterocycles. The first-order chi connectivity index (χ1) is 13.3. The topological polar surface area (TPSA) is 95.8 Å². The molecule has 0 radical (unpaired) electrons. The molecule has 28 heavy (non-hydrogen) atoms. The average molecular weight is 411 g/mol. The molecular formula is C19H30N4O4S. The smallest absolute Gasteiger partial charge is 0.270 e. The fraction of sp³-hybridized carbons (Fsp3) is 0.684. The molecule has 2 unspecified atom stereocenters. The SMILES string of the molecule is CC1CCCN(C(C)CNc2ccc([N+](=O)[O-])cc2S(=O)(=O)N2CCCC2)C1. The third kappa shape index (κ3) is 4.64. The fourth-order valence-electron chi connectivity index (χ4n) is 4.06. The van der Waals surface area contributed by atoms with Crippen molar-refractivity contribution in [2.75, 3.05) is 38.0 Å². The Morgan fingerprint density at radius 1 is 1.25 bits per heavy atom. The van der Waals surface area contributed by atoms with Crippen LogP contribution in [0.25, 0.3) is 0 Å². The van der Waals surface area contributed by atoms with E-state index in [1.807, 2.05) is 0 Å². The summed E-state index contributed by atoms with van der Waals surface area (Å²) in [5, 5.41) is 14.4. The van der Waals surface area contributed by atoms with Crippen molar-refractivity contribution < 1.29 is 13.3 Å². The van der Waals surface area contributed by atoms with Gasteiger partial charge in [-0.25, -0.2) is 8.42 Å². The highest BCUT2D eigenvalue weighted by atomic mass is 32.2. The second-order valence-electron chi connectivity index (χ2n) is 8.02. The molecule has 1 N–H and O–H groups in total. The molecule has 2 saturated heterocycles. The van der Waals surface area contributed by atoms with Crippen LogP contribution in [0, 0.1) is 16.0 Å². The van der Waals surface area contributed by atoms with Crippen molar-refractivity contribution >= 4 is 21.4 Å². The lowest BCUT2D eigenvalue weighted by Gasteiger charge is -2.35. The van der Waals surface area contributed by atoms with Crippen LogP contribution in [-0.2, 0) is 10.0 Å². The lowest BCUT2D eigenvalue weighted by Crippen LogP contribution is -2.43. The molecule has 9 heteroatoms. The second kappa shape index (κ2) is 8.75. The van der Waals surface area contributed by atoms with Gasteiger partial charge in [-0.05, 0) is 51.1 Å². The first-order valence-electron chi connectivity index (χ1n) is 10.1. The van der Waals surface area contributed by atoms with Gasteiger partial charge in [0.15, 0.2) is 0 Å². The Morgan fingerprint density at radius 2 is 1.96 bits per heavy atom. The maximum Gasteiger partial charge on any atom is 0.270 e. The number of anilines is 1. The van der Waals surface area contributed by atoms with Crippen LogP contribution in [0.3, 0.4) is 0 Å². The van der Waals surface area contributed by atoms with Gasteiger partial charge in [0.1, 0.15) is 4.90 Å². The standard InChI is InChI=1S/C19H30N4O4S/c1-15-6-5-9-21(14-15)16(2)13-20-18-8-7-17(23(24)25)12-19(18)28(26,27)22-10-3-4-11-22/h7-8,12,15-16,20H,3-6,9-11,13-14H2,1-2H3. The van der Waals surface area contributed by atoms with E-state index in [1.54, 1.807) is 0 Å². The van der Waals surface area contributed by atoms with E-state index in [2.05, 4.69) is 24.1 Å². The number of nitro groups is 1. The number of hydrogen-bond donors (Lipinski definition) is 1. The third-order valence-corrected chi connectivity index (χ3v) is 7.70. The van der Waals surface area contributed by atoms with Gasteiger partial charge in [0.25, 0.3) is 5.69 Å². The molecule has 2 aliphatic rings. The summed E-state index contributed by atoms with van der Waals surface area (Å²) in [5.74, 6) is 0.668. The Morgan fingerprint density at radius 3 is 2.61 bits per heavy atom. The van der Waals surface area contributed by atoms with Crippen LogP contribution >= 0.6 is 0 Å². The van der Waals surface area contributed by atoms with Crippen molar-refractivity contribution in [1.82, 2.24) is 9.21 Å². The summed E-state index contributed by atoms with van der Waals surface area (Å²) in [6.07, 6.45) is 4.07. The molecule has 0 aromatic heterocycles. The lowest BCUT2D eigenvalue weighted by atomic mass is 9.99. The van der Waals surface area contributed by atoms with E-state index in [1.165, 1.54) is 35.3 Å². The maximum absolute atomic E-state index is 13.1. The van der Waals surface area contributed by atoms with Gasteiger partial charge in [-0.3, -0.25) is 15.0 Å². The maximum atomic E-state index is 13.1. The molecule has 1 aromatic carbocycles. The molecule has 0 saturated carbocycles. The van der Waals surface area contributed by atoms with E-state index in [-0.39, 0.29) is 16.6 Å². The van der Waals surface area contributed by atoms with Crippen molar-refractivity contribution in [2.24, 2.45) is 5.92 Å². The van der Waals surface area contributed by atoms with Gasteiger partial charge in [-0.15, -0.1) is 0 Å². The highest BCUT2D eigenvalue weighted by Crippen LogP contribution is 2.31. The highest BCUT2D eigenvalue weighted by Gasteiger charge is 2.31. The Labute approximate surface area is 167 Å². The van der Waals surface area contributed by atoms with Crippen LogP contribution < -0.4 is 5.32 Å². The van der Waals surface area contributed by atoms with E-state index in [9.17, 15) is 18.5 Å². The summed E-state index contributed by atoms with van der Waals surface area (Å²) in [6, 6.07) is 4.31. The molecule has 0 spiro atoms. The minimum absolute atomic E-state index is 0.00260. The van der Waals surface area contributed by atoms with Crippen molar-refractivity contribution in [1.29, 1.82) is 0 Å². The van der Waals surface area contributed by atoms with Gasteiger partial charge in [0.05, 0.1) is 10.6 Å². The number of non-ortho nitro benzene ring substituents is 1. The van der Waals surface area contributed by atoms with Crippen molar-refractivity contribution in [3.05, 3.63) is 28.3 Å². The molecule has 3 rings (SSSR count). The Hall–Kier alpha value is -1.71. The molecule has 0 amide bonds. The van der Waals surface area contributed by atoms with Gasteiger partial charge >= 0.3 is 0 Å². The summed E-state index contributed by atoms with van der Waals surface area (Å²) in [5.41, 5.74) is 0.232. The first kappa shape index (κ1) is 21.0. The number of hydrogen-bond acceptors (Lipinski definition) is 6. The zero-order chi connectivity index (χ0) is 20.3. The normalized spacial score (nSPS) is 22.9. The molecule has 1 aromatic rings. The predicted molar refractivity (Wildman–Crippen MR) is 109 cm³/mol. The van der Waals surface area contributed by atoms with Gasteiger partial charge < -0.3 is 5.32 Å². The summed E-state index contributed by atoms with van der Waals surface area (Å²) < 4.78 is 27.6. The van der Waals surface area contributed by atoms with Crippen molar-refractivity contribution in [2.45, 2.75) is 50.5 Å². The second-order valence-corrected chi connectivity index (χ2v) is 9.93. The number of likely N-dealkylation sites (tertiary alicyclic amines) is 1. The zero-order valence-electron chi connectivity index (χ0n) is 16.6. The molecule has 156 valence electrons. The largest absolute Gasteiger partial charge is 0.382 e. The number of nitrogens with zero attached hydrogens (tertiary/aromatic N) is 3. The van der Waals surface area contributed by atoms with Crippen LogP contribution in [0.15, 0.2) is 23.1 Å².